The lowest BCUT2D eigenvalue weighted by atomic mass is 10.0. The van der Waals surface area contributed by atoms with Gasteiger partial charge >= 0.3 is 5.97 Å². The number of nitrogens with one attached hydrogen (secondary N) is 1. The minimum absolute atomic E-state index is 0.00169. The van der Waals surface area contributed by atoms with Crippen molar-refractivity contribution in [3.63, 3.8) is 0 Å². The molecule has 0 saturated carbocycles. The number of aliphatic hydroxyl groups excluding tert-OH is 2. The molecule has 1 amide bonds. The summed E-state index contributed by atoms with van der Waals surface area (Å²) in [5.74, 6) is -0.0738. The summed E-state index contributed by atoms with van der Waals surface area (Å²) < 4.78 is 5.49. The Morgan fingerprint density at radius 1 is 0.400 bits per heavy atom. The van der Waals surface area contributed by atoms with Crippen LogP contribution in [0, 0.1) is 0 Å². The number of hydrogen-bond donors (Lipinski definition) is 3. The Hall–Kier alpha value is -2.18. The van der Waals surface area contributed by atoms with E-state index in [1.165, 1.54) is 238 Å². The molecule has 0 aromatic carbocycles. The number of carbonyl (C=O) groups excluding carboxylic acids is 2. The maximum atomic E-state index is 12.4. The fourth-order valence-electron chi connectivity index (χ4n) is 9.31. The molecule has 0 radical (unpaired) electrons. The Balaban J connectivity index is 3.43. The average molecular weight is 983 g/mol. The standard InChI is InChI=1S/C64H119NO5/c1-3-5-7-9-11-13-15-17-18-19-27-30-34-38-42-46-50-54-58-64(69)70-59-55-51-47-43-39-35-31-28-25-23-21-20-22-24-26-29-33-37-41-45-49-53-57-63(68)65-61(60-66)62(67)56-52-48-44-40-36-32-16-14-12-10-8-6-4-2/h13,15,18-19,22,24,52,56,61-62,66-67H,3-12,14,16-17,20-21,23,25-51,53-55,57-60H2,1-2H3,(H,65,68)/b15-13-,19-18-,24-22-,56-52+. The Morgan fingerprint density at radius 2 is 0.714 bits per heavy atom. The number of allylic oxidation sites excluding steroid dienone is 7. The molecule has 410 valence electrons. The van der Waals surface area contributed by atoms with Gasteiger partial charge in [0.15, 0.2) is 0 Å². The van der Waals surface area contributed by atoms with E-state index in [0.29, 0.717) is 19.4 Å². The van der Waals surface area contributed by atoms with Crippen LogP contribution < -0.4 is 5.32 Å². The third kappa shape index (κ3) is 55.1. The number of aliphatic hydroxyl groups is 2. The monoisotopic (exact) mass is 982 g/mol. The highest BCUT2D eigenvalue weighted by Gasteiger charge is 2.18. The van der Waals surface area contributed by atoms with Crippen molar-refractivity contribution >= 4 is 11.9 Å². The number of carbonyl (C=O) groups is 2. The number of esters is 1. The van der Waals surface area contributed by atoms with Gasteiger partial charge in [-0.05, 0) is 89.9 Å². The van der Waals surface area contributed by atoms with E-state index in [9.17, 15) is 19.8 Å². The lowest BCUT2D eigenvalue weighted by Crippen LogP contribution is -2.45. The van der Waals surface area contributed by atoms with Gasteiger partial charge in [0, 0.05) is 12.8 Å². The van der Waals surface area contributed by atoms with Gasteiger partial charge in [-0.3, -0.25) is 9.59 Å². The summed E-state index contributed by atoms with van der Waals surface area (Å²) in [5.41, 5.74) is 0. The minimum Gasteiger partial charge on any atom is -0.466 e. The number of rotatable bonds is 57. The Bertz CT molecular complexity index is 1180. The first-order valence-corrected chi connectivity index (χ1v) is 30.9. The van der Waals surface area contributed by atoms with Gasteiger partial charge in [-0.2, -0.15) is 0 Å². The van der Waals surface area contributed by atoms with Crippen LogP contribution in [0.1, 0.15) is 322 Å². The minimum atomic E-state index is -0.849. The second-order valence-electron chi connectivity index (χ2n) is 21.0. The summed E-state index contributed by atoms with van der Waals surface area (Å²) in [7, 11) is 0. The molecule has 70 heavy (non-hydrogen) atoms. The number of ether oxygens (including phenoxy) is 1. The molecule has 2 atom stereocenters. The molecule has 0 aliphatic heterocycles. The molecule has 0 spiro atoms. The topological polar surface area (TPSA) is 95.9 Å². The van der Waals surface area contributed by atoms with Crippen molar-refractivity contribution in [2.24, 2.45) is 0 Å². The normalized spacial score (nSPS) is 12.9. The summed E-state index contributed by atoms with van der Waals surface area (Å²) in [4.78, 5) is 24.5. The molecule has 2 unspecified atom stereocenters. The maximum Gasteiger partial charge on any atom is 0.305 e. The first-order chi connectivity index (χ1) is 34.5. The largest absolute Gasteiger partial charge is 0.466 e. The Labute approximate surface area is 436 Å². The molecule has 0 rings (SSSR count). The van der Waals surface area contributed by atoms with Crippen molar-refractivity contribution in [1.82, 2.24) is 5.32 Å². The molecule has 0 bridgehead atoms. The van der Waals surface area contributed by atoms with Gasteiger partial charge in [-0.25, -0.2) is 0 Å². The Morgan fingerprint density at radius 3 is 1.11 bits per heavy atom. The third-order valence-electron chi connectivity index (χ3n) is 14.1. The molecule has 0 aromatic rings. The lowest BCUT2D eigenvalue weighted by molar-refractivity contribution is -0.143. The molecule has 6 heteroatoms. The van der Waals surface area contributed by atoms with Crippen LogP contribution in [0.5, 0.6) is 0 Å². The van der Waals surface area contributed by atoms with Crippen molar-refractivity contribution in [2.45, 2.75) is 334 Å². The van der Waals surface area contributed by atoms with Crippen LogP contribution in [0.4, 0.5) is 0 Å². The van der Waals surface area contributed by atoms with Crippen LogP contribution in [0.2, 0.25) is 0 Å². The molecule has 0 aliphatic rings. The highest BCUT2D eigenvalue weighted by molar-refractivity contribution is 5.76. The first-order valence-electron chi connectivity index (χ1n) is 30.9. The molecule has 0 saturated heterocycles. The lowest BCUT2D eigenvalue weighted by Gasteiger charge is -2.20. The number of unbranched alkanes of at least 4 members (excludes halogenated alkanes) is 40. The highest BCUT2D eigenvalue weighted by Crippen LogP contribution is 2.16. The summed E-state index contributed by atoms with van der Waals surface area (Å²) in [6.45, 7) is 4.88. The maximum absolute atomic E-state index is 12.4. The van der Waals surface area contributed by atoms with Crippen LogP contribution in [0.3, 0.4) is 0 Å². The summed E-state index contributed by atoms with van der Waals surface area (Å²) >= 11 is 0. The molecule has 0 aromatic heterocycles. The molecule has 3 N–H and O–H groups in total. The fourth-order valence-corrected chi connectivity index (χ4v) is 9.31. The molecule has 6 nitrogen and oxygen atoms in total. The van der Waals surface area contributed by atoms with Crippen molar-refractivity contribution < 1.29 is 24.5 Å². The van der Waals surface area contributed by atoms with Gasteiger partial charge in [0.25, 0.3) is 0 Å². The third-order valence-corrected chi connectivity index (χ3v) is 14.1. The van der Waals surface area contributed by atoms with E-state index < -0.39 is 12.1 Å². The van der Waals surface area contributed by atoms with Gasteiger partial charge in [0.05, 0.1) is 25.4 Å². The van der Waals surface area contributed by atoms with Crippen LogP contribution in [-0.2, 0) is 14.3 Å². The second kappa shape index (κ2) is 59.4. The molecule has 0 fully saturated rings. The van der Waals surface area contributed by atoms with Crippen molar-refractivity contribution in [2.75, 3.05) is 13.2 Å². The van der Waals surface area contributed by atoms with Crippen molar-refractivity contribution in [3.05, 3.63) is 48.6 Å². The predicted molar refractivity (Wildman–Crippen MR) is 306 cm³/mol. The van der Waals surface area contributed by atoms with E-state index in [1.807, 2.05) is 6.08 Å². The molecular formula is C64H119NO5. The second-order valence-corrected chi connectivity index (χ2v) is 21.0. The number of hydrogen-bond acceptors (Lipinski definition) is 5. The molecule has 0 heterocycles. The molecular weight excluding hydrogens is 863 g/mol. The van der Waals surface area contributed by atoms with Gasteiger partial charge < -0.3 is 20.3 Å². The average Bonchev–Trinajstić information content (AvgIpc) is 3.36. The zero-order valence-corrected chi connectivity index (χ0v) is 46.7. The Kier molecular flexibility index (Phi) is 57.5. The fraction of sp³-hybridized carbons (Fsp3) is 0.844. The van der Waals surface area contributed by atoms with Crippen molar-refractivity contribution in [1.29, 1.82) is 0 Å². The van der Waals surface area contributed by atoms with E-state index in [1.54, 1.807) is 6.08 Å². The molecule has 0 aliphatic carbocycles. The highest BCUT2D eigenvalue weighted by atomic mass is 16.5. The summed E-state index contributed by atoms with van der Waals surface area (Å²) in [6.07, 6.45) is 75.7. The van der Waals surface area contributed by atoms with Gasteiger partial charge in [-0.1, -0.05) is 268 Å². The van der Waals surface area contributed by atoms with Gasteiger partial charge in [0.2, 0.25) is 5.91 Å². The van der Waals surface area contributed by atoms with E-state index in [-0.39, 0.29) is 18.5 Å². The summed E-state index contributed by atoms with van der Waals surface area (Å²) in [5, 5.41) is 23.1. The van der Waals surface area contributed by atoms with E-state index in [0.717, 1.165) is 57.8 Å². The zero-order chi connectivity index (χ0) is 50.7. The SMILES string of the molecule is CCCCCC/C=C\C/C=C\CCCCCCCCCC(=O)OCCCCCCCCCCCCC/C=C\CCCCCCCCCC(=O)NC(CO)C(O)/C=C/CCCCCCCCCCCCC. The smallest absolute Gasteiger partial charge is 0.305 e. The zero-order valence-electron chi connectivity index (χ0n) is 46.7. The van der Waals surface area contributed by atoms with Gasteiger partial charge in [0.1, 0.15) is 0 Å². The van der Waals surface area contributed by atoms with Crippen LogP contribution >= 0.6 is 0 Å². The predicted octanol–water partition coefficient (Wildman–Crippen LogP) is 19.4. The van der Waals surface area contributed by atoms with E-state index in [4.69, 9.17) is 4.74 Å². The quantitative estimate of drug-likeness (QED) is 0.0321. The van der Waals surface area contributed by atoms with Crippen LogP contribution in [0.15, 0.2) is 48.6 Å². The van der Waals surface area contributed by atoms with Crippen LogP contribution in [-0.4, -0.2) is 47.4 Å². The van der Waals surface area contributed by atoms with Crippen molar-refractivity contribution in [3.8, 4) is 0 Å². The summed E-state index contributed by atoms with van der Waals surface area (Å²) in [6, 6.07) is -0.633. The van der Waals surface area contributed by atoms with E-state index >= 15 is 0 Å². The van der Waals surface area contributed by atoms with Gasteiger partial charge in [-0.15, -0.1) is 0 Å². The van der Waals surface area contributed by atoms with E-state index in [2.05, 4.69) is 55.6 Å². The first kappa shape index (κ1) is 67.8. The van der Waals surface area contributed by atoms with Crippen LogP contribution in [0.25, 0.3) is 0 Å². The number of amides is 1.